The van der Waals surface area contributed by atoms with E-state index in [1.807, 2.05) is 37.3 Å². The lowest BCUT2D eigenvalue weighted by molar-refractivity contribution is -0.136. The van der Waals surface area contributed by atoms with E-state index in [0.29, 0.717) is 53.0 Å². The van der Waals surface area contributed by atoms with Crippen LogP contribution in [-0.2, 0) is 16.1 Å². The number of methoxy groups -OCH3 is 2. The Morgan fingerprint density at radius 1 is 1.02 bits per heavy atom. The van der Waals surface area contributed by atoms with Crippen molar-refractivity contribution in [2.75, 3.05) is 27.4 Å². The van der Waals surface area contributed by atoms with Gasteiger partial charge in [0.25, 0.3) is 0 Å². The number of halogens is 2. The number of aliphatic hydroxyl groups excluding tert-OH is 1. The monoisotopic (exact) mass is 760 g/mol. The zero-order valence-electron chi connectivity index (χ0n) is 25.6. The molecule has 3 aromatic carbocycles. The van der Waals surface area contributed by atoms with E-state index in [2.05, 4.69) is 53.0 Å². The van der Waals surface area contributed by atoms with Gasteiger partial charge in [0.1, 0.15) is 13.2 Å². The van der Waals surface area contributed by atoms with Crippen LogP contribution in [0.1, 0.15) is 36.6 Å². The second-order valence-corrected chi connectivity index (χ2v) is 11.7. The van der Waals surface area contributed by atoms with Gasteiger partial charge in [-0.05, 0) is 61.4 Å². The number of amides is 2. The van der Waals surface area contributed by atoms with Gasteiger partial charge in [0.2, 0.25) is 0 Å². The van der Waals surface area contributed by atoms with E-state index in [1.165, 1.54) is 13.3 Å². The fraction of sp³-hybridized carbons (Fsp3) is 0.281. The number of aliphatic hydroxyl groups is 1. The van der Waals surface area contributed by atoms with Crippen molar-refractivity contribution in [2.45, 2.75) is 32.7 Å². The van der Waals surface area contributed by atoms with Crippen LogP contribution in [0.3, 0.4) is 0 Å². The molecule has 4 N–H and O–H groups in total. The lowest BCUT2D eigenvalue weighted by Gasteiger charge is -2.28. The van der Waals surface area contributed by atoms with Gasteiger partial charge in [-0.1, -0.05) is 50.1 Å². The molecule has 0 saturated heterocycles. The molecule has 244 valence electrons. The number of urea groups is 1. The average Bonchev–Trinajstić information content (AvgIpc) is 3.03. The first-order valence-corrected chi connectivity index (χ1v) is 15.7. The van der Waals surface area contributed by atoms with E-state index < -0.39 is 24.3 Å². The quantitative estimate of drug-likeness (QED) is 0.0742. The summed E-state index contributed by atoms with van der Waals surface area (Å²) in [7, 11) is 2.82. The highest BCUT2D eigenvalue weighted by atomic mass is 79.9. The van der Waals surface area contributed by atoms with Crippen LogP contribution in [-0.4, -0.2) is 57.0 Å². The lowest BCUT2D eigenvalue weighted by atomic mass is 9.95. The second-order valence-electron chi connectivity index (χ2n) is 9.86. The molecule has 14 heteroatoms. The van der Waals surface area contributed by atoms with Crippen LogP contribution in [0.5, 0.6) is 23.0 Å². The number of esters is 1. The van der Waals surface area contributed by atoms with Gasteiger partial charge in [0.15, 0.2) is 29.2 Å². The maximum atomic E-state index is 12.5. The number of hydrogen-bond donors (Lipinski definition) is 4. The Morgan fingerprint density at radius 3 is 2.48 bits per heavy atom. The maximum absolute atomic E-state index is 12.5. The molecule has 0 radical (unpaired) electrons. The molecule has 0 bridgehead atoms. The number of carbonyl (C=O) groups is 2. The Morgan fingerprint density at radius 2 is 1.78 bits per heavy atom. The highest BCUT2D eigenvalue weighted by Crippen LogP contribution is 2.36. The summed E-state index contributed by atoms with van der Waals surface area (Å²) in [6, 6.07) is 15.2. The van der Waals surface area contributed by atoms with Crippen LogP contribution < -0.4 is 35.0 Å². The fourth-order valence-corrected chi connectivity index (χ4v) is 5.26. The number of rotatable bonds is 14. The van der Waals surface area contributed by atoms with Gasteiger partial charge < -0.3 is 39.4 Å². The summed E-state index contributed by atoms with van der Waals surface area (Å²) in [5.41, 5.74) is 5.46. The highest BCUT2D eigenvalue weighted by molar-refractivity contribution is 9.10. The summed E-state index contributed by atoms with van der Waals surface area (Å²) in [6.07, 6.45) is 0.321. The number of allylic oxidation sites excluding steroid dienone is 1. The zero-order chi connectivity index (χ0) is 33.2. The van der Waals surface area contributed by atoms with Gasteiger partial charge in [0.05, 0.1) is 38.7 Å². The summed E-state index contributed by atoms with van der Waals surface area (Å²) >= 11 is 6.91. The van der Waals surface area contributed by atoms with Crippen LogP contribution in [0.4, 0.5) is 4.79 Å². The number of ether oxygens (including phenoxy) is 5. The van der Waals surface area contributed by atoms with Crippen molar-refractivity contribution >= 4 is 50.1 Å². The van der Waals surface area contributed by atoms with Gasteiger partial charge >= 0.3 is 12.0 Å². The summed E-state index contributed by atoms with van der Waals surface area (Å²) in [6.45, 7) is 3.89. The van der Waals surface area contributed by atoms with Crippen LogP contribution >= 0.6 is 31.9 Å². The molecule has 2 atom stereocenters. The molecule has 0 fully saturated rings. The van der Waals surface area contributed by atoms with Crippen LogP contribution in [0.25, 0.3) is 0 Å². The van der Waals surface area contributed by atoms with E-state index in [9.17, 15) is 14.7 Å². The molecule has 0 aromatic heterocycles. The standard InChI is InChI=1S/C32H34Br2N4O8/c1-5-44-25-13-20(29-28(31(40)43-4)18(2)36-32(41)37-29)8-11-24(25)45-17-27(39)38-35-15-21-12-23(34)14-26(42-3)30(21)46-16-19-6-9-22(33)10-7-19/h6-15,27,29,38-39H,5,16-17H2,1-4H3,(H2,36,37,41)/b35-15+/t27-,29-/m0/s1. The number of hydrogen-bond acceptors (Lipinski definition) is 10. The van der Waals surface area contributed by atoms with Crippen molar-refractivity contribution in [3.05, 3.63) is 91.5 Å². The van der Waals surface area contributed by atoms with E-state index in [-0.39, 0.29) is 12.2 Å². The largest absolute Gasteiger partial charge is 0.493 e. The first kappa shape index (κ1) is 34.6. The minimum absolute atomic E-state index is 0.179. The molecule has 0 saturated carbocycles. The number of nitrogens with one attached hydrogen (secondary N) is 3. The summed E-state index contributed by atoms with van der Waals surface area (Å²) in [4.78, 5) is 24.7. The van der Waals surface area contributed by atoms with Crippen LogP contribution in [0.15, 0.2) is 79.9 Å². The third-order valence-corrected chi connectivity index (χ3v) is 7.65. The lowest BCUT2D eigenvalue weighted by Crippen LogP contribution is -2.45. The molecule has 1 heterocycles. The van der Waals surface area contributed by atoms with Crippen LogP contribution in [0, 0.1) is 0 Å². The number of benzene rings is 3. The SMILES string of the molecule is CCOc1cc([C@@H]2NC(=O)NC(C)=C2C(=O)OC)ccc1OC[C@H](O)N/N=C/c1cc(Br)cc(OC)c1OCc1ccc(Br)cc1. The number of carbonyl (C=O) groups excluding carboxylic acids is 2. The molecule has 1 aliphatic heterocycles. The molecular weight excluding hydrogens is 728 g/mol. The van der Waals surface area contributed by atoms with Crippen LogP contribution in [0.2, 0.25) is 0 Å². The van der Waals surface area contributed by atoms with Crippen molar-refractivity contribution in [3.8, 4) is 23.0 Å². The van der Waals surface area contributed by atoms with Crippen molar-refractivity contribution in [1.82, 2.24) is 16.1 Å². The minimum Gasteiger partial charge on any atom is -0.493 e. The summed E-state index contributed by atoms with van der Waals surface area (Å²) in [5.74, 6) is 1.12. The van der Waals surface area contributed by atoms with Gasteiger partial charge in [-0.15, -0.1) is 0 Å². The predicted molar refractivity (Wildman–Crippen MR) is 178 cm³/mol. The summed E-state index contributed by atoms with van der Waals surface area (Å²) in [5, 5.41) is 20.1. The second kappa shape index (κ2) is 16.3. The van der Waals surface area contributed by atoms with E-state index >= 15 is 0 Å². The number of hydrazone groups is 1. The average molecular weight is 762 g/mol. The molecule has 2 amide bonds. The third-order valence-electron chi connectivity index (χ3n) is 6.66. The Bertz CT molecular complexity index is 1610. The normalized spacial score (nSPS) is 15.1. The first-order chi connectivity index (χ1) is 22.1. The molecule has 1 aliphatic rings. The zero-order valence-corrected chi connectivity index (χ0v) is 28.7. The number of nitrogens with zero attached hydrogens (tertiary/aromatic N) is 1. The molecule has 0 unspecified atom stereocenters. The van der Waals surface area contributed by atoms with Gasteiger partial charge in [-0.3, -0.25) is 5.43 Å². The minimum atomic E-state index is -1.19. The third kappa shape index (κ3) is 8.92. The smallest absolute Gasteiger partial charge is 0.337 e. The van der Waals surface area contributed by atoms with E-state index in [0.717, 1.165) is 14.5 Å². The van der Waals surface area contributed by atoms with E-state index in [4.69, 9.17) is 23.7 Å². The molecule has 12 nitrogen and oxygen atoms in total. The van der Waals surface area contributed by atoms with Gasteiger partial charge in [-0.2, -0.15) is 5.10 Å². The van der Waals surface area contributed by atoms with Crippen molar-refractivity contribution < 1.29 is 38.4 Å². The van der Waals surface area contributed by atoms with Gasteiger partial charge in [-0.25, -0.2) is 9.59 Å². The fourth-order valence-electron chi connectivity index (χ4n) is 4.54. The van der Waals surface area contributed by atoms with E-state index in [1.54, 1.807) is 38.3 Å². The van der Waals surface area contributed by atoms with Gasteiger partial charge in [0, 0.05) is 20.2 Å². The predicted octanol–water partition coefficient (Wildman–Crippen LogP) is 5.32. The molecule has 46 heavy (non-hydrogen) atoms. The first-order valence-electron chi connectivity index (χ1n) is 14.1. The van der Waals surface area contributed by atoms with Crippen molar-refractivity contribution in [2.24, 2.45) is 5.10 Å². The molecule has 0 spiro atoms. The van der Waals surface area contributed by atoms with Crippen molar-refractivity contribution in [3.63, 3.8) is 0 Å². The Labute approximate surface area is 283 Å². The molecule has 3 aromatic rings. The molecular formula is C32H34Br2N4O8. The summed E-state index contributed by atoms with van der Waals surface area (Å²) < 4.78 is 29.9. The Kier molecular flexibility index (Phi) is 12.3. The maximum Gasteiger partial charge on any atom is 0.337 e. The molecule has 0 aliphatic carbocycles. The highest BCUT2D eigenvalue weighted by Gasteiger charge is 2.32. The topological polar surface area (TPSA) is 149 Å². The molecule has 4 rings (SSSR count). The Balaban J connectivity index is 1.44. The Hall–Kier alpha value is -4.27. The van der Waals surface area contributed by atoms with Crippen molar-refractivity contribution in [1.29, 1.82) is 0 Å².